The third-order valence-electron chi connectivity index (χ3n) is 10.8. The summed E-state index contributed by atoms with van der Waals surface area (Å²) in [5.74, 6) is -1.79. The molecule has 0 saturated carbocycles. The van der Waals surface area contributed by atoms with Crippen molar-refractivity contribution < 1.29 is 51.4 Å². The van der Waals surface area contributed by atoms with Gasteiger partial charge < -0.3 is 38.3 Å². The molecule has 1 saturated heterocycles. The summed E-state index contributed by atoms with van der Waals surface area (Å²) >= 11 is 0. The molecule has 1 fully saturated rings. The lowest BCUT2D eigenvalue weighted by Crippen LogP contribution is -2.65. The van der Waals surface area contributed by atoms with Gasteiger partial charge in [-0.2, -0.15) is 0 Å². The highest BCUT2D eigenvalue weighted by Crippen LogP contribution is 2.45. The van der Waals surface area contributed by atoms with Gasteiger partial charge in [0, 0.05) is 18.4 Å². The summed E-state index contributed by atoms with van der Waals surface area (Å²) in [5, 5.41) is 13.4. The lowest BCUT2D eigenvalue weighted by Gasteiger charge is -2.50. The second-order valence-electron chi connectivity index (χ2n) is 15.2. The van der Waals surface area contributed by atoms with Crippen LogP contribution in [0, 0.1) is 0 Å². The van der Waals surface area contributed by atoms with E-state index in [0.717, 1.165) is 33.4 Å². The molecule has 0 spiro atoms. The van der Waals surface area contributed by atoms with Crippen LogP contribution in [0.25, 0.3) is 0 Å². The molecule has 11 heteroatoms. The van der Waals surface area contributed by atoms with Gasteiger partial charge in [0.15, 0.2) is 0 Å². The SMILES string of the molecule is OC1(c2cc3c(c(Cc4ccc(OC(F)(F)F)cc4)c2)OCC3)O[C@H](COCc2ccccc2)[C@@H](OCc2ccccc2)[C@H](OCc2ccccc2)[C@H]1OCc1ccccc1. The van der Waals surface area contributed by atoms with Crippen molar-refractivity contribution in [2.24, 2.45) is 0 Å². The van der Waals surface area contributed by atoms with Crippen LogP contribution in [0.1, 0.15) is 44.5 Å². The lowest BCUT2D eigenvalue weighted by molar-refractivity contribution is -0.378. The van der Waals surface area contributed by atoms with E-state index < -0.39 is 36.6 Å². The highest BCUT2D eigenvalue weighted by molar-refractivity contribution is 5.50. The van der Waals surface area contributed by atoms with E-state index in [0.29, 0.717) is 36.5 Å². The Balaban J connectivity index is 1.20. The van der Waals surface area contributed by atoms with E-state index in [4.69, 9.17) is 28.4 Å². The van der Waals surface area contributed by atoms with Crippen LogP contribution in [0.4, 0.5) is 13.2 Å². The highest BCUT2D eigenvalue weighted by Gasteiger charge is 2.57. The summed E-state index contributed by atoms with van der Waals surface area (Å²) in [6.07, 6.45) is -7.63. The van der Waals surface area contributed by atoms with Gasteiger partial charge in [0.2, 0.25) is 5.79 Å². The molecule has 0 amide bonds. The Morgan fingerprint density at radius 3 is 1.69 bits per heavy atom. The highest BCUT2D eigenvalue weighted by atomic mass is 19.4. The van der Waals surface area contributed by atoms with Crippen molar-refractivity contribution in [2.45, 2.75) is 75.8 Å². The first kappa shape index (κ1) is 42.2. The molecule has 5 atom stereocenters. The normalized spacial score (nSPS) is 21.1. The van der Waals surface area contributed by atoms with Gasteiger partial charge in [-0.3, -0.25) is 0 Å². The van der Waals surface area contributed by atoms with Crippen molar-refractivity contribution in [1.29, 1.82) is 0 Å². The molecule has 1 unspecified atom stereocenters. The minimum atomic E-state index is -4.81. The standard InChI is InChI=1S/C50H47F3O8/c51-50(52,53)60-43-23-21-35(22-24-43)27-41-29-42(28-40-25-26-56-45(40)41)49(54)48(59-33-39-19-11-4-12-20-39)47(58-32-38-17-9-3-10-18-38)46(57-31-37-15-7-2-8-16-37)44(61-49)34-55-30-36-13-5-1-6-14-36/h1-24,28-29,44,46-48,54H,25-27,30-34H2/t44-,46-,47+,48-,49?/m1/s1. The molecular weight excluding hydrogens is 786 g/mol. The van der Waals surface area contributed by atoms with Gasteiger partial charge in [0.05, 0.1) is 39.6 Å². The maximum absolute atomic E-state index is 13.4. The maximum atomic E-state index is 13.4. The summed E-state index contributed by atoms with van der Waals surface area (Å²) in [5.41, 5.74) is 6.39. The molecule has 2 aliphatic rings. The fraction of sp³-hybridized carbons (Fsp3) is 0.280. The Morgan fingerprint density at radius 1 is 0.607 bits per heavy atom. The van der Waals surface area contributed by atoms with Gasteiger partial charge in [0.25, 0.3) is 0 Å². The minimum absolute atomic E-state index is 0.0422. The van der Waals surface area contributed by atoms with E-state index in [1.165, 1.54) is 12.1 Å². The van der Waals surface area contributed by atoms with E-state index in [-0.39, 0.29) is 38.6 Å². The molecule has 8 nitrogen and oxygen atoms in total. The van der Waals surface area contributed by atoms with Gasteiger partial charge in [0.1, 0.15) is 35.9 Å². The second kappa shape index (κ2) is 19.5. The predicted molar refractivity (Wildman–Crippen MR) is 221 cm³/mol. The Hall–Kier alpha value is -5.53. The zero-order valence-corrected chi connectivity index (χ0v) is 33.4. The Morgan fingerprint density at radius 2 is 1.13 bits per heavy atom. The van der Waals surface area contributed by atoms with Crippen LogP contribution in [0.2, 0.25) is 0 Å². The number of aliphatic hydroxyl groups is 1. The number of ether oxygens (including phenoxy) is 7. The number of benzene rings is 6. The molecule has 1 N–H and O–H groups in total. The van der Waals surface area contributed by atoms with Gasteiger partial charge in [-0.05, 0) is 63.2 Å². The maximum Gasteiger partial charge on any atom is 0.573 e. The largest absolute Gasteiger partial charge is 0.573 e. The van der Waals surface area contributed by atoms with Gasteiger partial charge in [-0.25, -0.2) is 0 Å². The number of hydrogen-bond donors (Lipinski definition) is 1. The van der Waals surface area contributed by atoms with Crippen molar-refractivity contribution in [3.05, 3.63) is 202 Å². The number of halogens is 3. The second-order valence-corrected chi connectivity index (χ2v) is 15.2. The molecule has 2 aliphatic heterocycles. The monoisotopic (exact) mass is 832 g/mol. The fourth-order valence-electron chi connectivity index (χ4n) is 7.84. The Kier molecular flexibility index (Phi) is 13.5. The van der Waals surface area contributed by atoms with Crippen molar-refractivity contribution in [1.82, 2.24) is 0 Å². The molecule has 0 aromatic heterocycles. The lowest BCUT2D eigenvalue weighted by atomic mass is 9.85. The Labute approximate surface area is 353 Å². The zero-order chi connectivity index (χ0) is 42.1. The summed E-state index contributed by atoms with van der Waals surface area (Å²) in [4.78, 5) is 0. The molecular formula is C50H47F3O8. The van der Waals surface area contributed by atoms with E-state index in [1.54, 1.807) is 12.1 Å². The Bertz CT molecular complexity index is 2280. The number of alkyl halides is 3. The molecule has 0 radical (unpaired) electrons. The smallest absolute Gasteiger partial charge is 0.493 e. The van der Waals surface area contributed by atoms with E-state index in [9.17, 15) is 18.3 Å². The topological polar surface area (TPSA) is 84.8 Å². The molecule has 61 heavy (non-hydrogen) atoms. The van der Waals surface area contributed by atoms with Crippen LogP contribution in [-0.4, -0.2) is 49.1 Å². The van der Waals surface area contributed by atoms with Gasteiger partial charge >= 0.3 is 6.36 Å². The molecule has 2 heterocycles. The third kappa shape index (κ3) is 10.9. The summed E-state index contributed by atoms with van der Waals surface area (Å²) in [6, 6.07) is 48.5. The molecule has 316 valence electrons. The van der Waals surface area contributed by atoms with Crippen LogP contribution < -0.4 is 9.47 Å². The average molecular weight is 833 g/mol. The zero-order valence-electron chi connectivity index (χ0n) is 33.4. The van der Waals surface area contributed by atoms with E-state index in [2.05, 4.69) is 4.74 Å². The van der Waals surface area contributed by atoms with Crippen molar-refractivity contribution in [2.75, 3.05) is 13.2 Å². The number of fused-ring (bicyclic) bond motifs is 1. The first-order chi connectivity index (χ1) is 29.7. The van der Waals surface area contributed by atoms with Crippen molar-refractivity contribution in [3.63, 3.8) is 0 Å². The molecule has 6 aromatic carbocycles. The average Bonchev–Trinajstić information content (AvgIpc) is 3.76. The van der Waals surface area contributed by atoms with Crippen LogP contribution >= 0.6 is 0 Å². The van der Waals surface area contributed by atoms with Gasteiger partial charge in [-0.15, -0.1) is 13.2 Å². The summed E-state index contributed by atoms with van der Waals surface area (Å²) in [7, 11) is 0. The van der Waals surface area contributed by atoms with Crippen LogP contribution in [0.5, 0.6) is 11.5 Å². The van der Waals surface area contributed by atoms with Crippen molar-refractivity contribution in [3.8, 4) is 11.5 Å². The quantitative estimate of drug-likeness (QED) is 0.0974. The molecule has 0 bridgehead atoms. The van der Waals surface area contributed by atoms with E-state index in [1.807, 2.05) is 133 Å². The fourth-order valence-corrected chi connectivity index (χ4v) is 7.84. The van der Waals surface area contributed by atoms with Gasteiger partial charge in [-0.1, -0.05) is 133 Å². The summed E-state index contributed by atoms with van der Waals surface area (Å²) in [6.45, 7) is 1.29. The first-order valence-corrected chi connectivity index (χ1v) is 20.3. The minimum Gasteiger partial charge on any atom is -0.493 e. The predicted octanol–water partition coefficient (Wildman–Crippen LogP) is 9.63. The first-order valence-electron chi connectivity index (χ1n) is 20.3. The summed E-state index contributed by atoms with van der Waals surface area (Å²) < 4.78 is 82.9. The van der Waals surface area contributed by atoms with Crippen molar-refractivity contribution >= 4 is 0 Å². The van der Waals surface area contributed by atoms with Crippen LogP contribution in [0.15, 0.2) is 158 Å². The molecule has 0 aliphatic carbocycles. The van der Waals surface area contributed by atoms with E-state index >= 15 is 0 Å². The van der Waals surface area contributed by atoms with Crippen LogP contribution in [-0.2, 0) is 68.7 Å². The van der Waals surface area contributed by atoms with Crippen LogP contribution in [0.3, 0.4) is 0 Å². The molecule has 8 rings (SSSR count). The number of hydrogen-bond acceptors (Lipinski definition) is 8. The number of rotatable bonds is 17. The third-order valence-corrected chi connectivity index (χ3v) is 10.8. The molecule has 6 aromatic rings.